The Labute approximate surface area is 100 Å². The predicted molar refractivity (Wildman–Crippen MR) is 68.9 cm³/mol. The minimum Gasteiger partial charge on any atom is -0.380 e. The maximum Gasteiger partial charge on any atom is 0.121 e. The summed E-state index contributed by atoms with van der Waals surface area (Å²) in [7, 11) is 0. The summed E-state index contributed by atoms with van der Waals surface area (Å²) in [5, 5.41) is 12.7. The van der Waals surface area contributed by atoms with Crippen LogP contribution in [0.4, 0.5) is 0 Å². The Morgan fingerprint density at radius 2 is 1.88 bits per heavy atom. The number of aliphatic hydroxyl groups is 1. The smallest absolute Gasteiger partial charge is 0.121 e. The zero-order valence-electron chi connectivity index (χ0n) is 9.82. The van der Waals surface area contributed by atoms with Gasteiger partial charge in [-0.2, -0.15) is 0 Å². The van der Waals surface area contributed by atoms with E-state index in [0.717, 1.165) is 10.4 Å². The highest BCUT2D eigenvalue weighted by Gasteiger charge is 2.28. The molecule has 1 atom stereocenters. The minimum absolute atomic E-state index is 0.885. The SMILES string of the molecule is Cc1cccc(C(C)(O)c2cccs2)c1C. The van der Waals surface area contributed by atoms with Crippen molar-refractivity contribution in [3.05, 3.63) is 57.3 Å². The van der Waals surface area contributed by atoms with E-state index >= 15 is 0 Å². The molecule has 0 bridgehead atoms. The van der Waals surface area contributed by atoms with Crippen LogP contribution < -0.4 is 0 Å². The Hall–Kier alpha value is -1.12. The van der Waals surface area contributed by atoms with E-state index in [4.69, 9.17) is 0 Å². The van der Waals surface area contributed by atoms with Gasteiger partial charge in [0, 0.05) is 4.88 Å². The van der Waals surface area contributed by atoms with Crippen LogP contribution in [0.15, 0.2) is 35.7 Å². The second-order valence-electron chi connectivity index (χ2n) is 4.30. The zero-order chi connectivity index (χ0) is 11.8. The highest BCUT2D eigenvalue weighted by molar-refractivity contribution is 7.10. The minimum atomic E-state index is -0.885. The summed E-state index contributed by atoms with van der Waals surface area (Å²) in [6, 6.07) is 10.0. The third kappa shape index (κ3) is 1.79. The largest absolute Gasteiger partial charge is 0.380 e. The fraction of sp³-hybridized carbons (Fsp3) is 0.286. The molecule has 0 radical (unpaired) electrons. The molecule has 0 saturated carbocycles. The van der Waals surface area contributed by atoms with Gasteiger partial charge < -0.3 is 5.11 Å². The zero-order valence-corrected chi connectivity index (χ0v) is 10.6. The molecule has 0 saturated heterocycles. The van der Waals surface area contributed by atoms with Gasteiger partial charge in [0.1, 0.15) is 5.60 Å². The normalized spacial score (nSPS) is 14.8. The van der Waals surface area contributed by atoms with Gasteiger partial charge in [-0.3, -0.25) is 0 Å². The molecule has 2 heteroatoms. The Morgan fingerprint density at radius 1 is 1.12 bits per heavy atom. The summed E-state index contributed by atoms with van der Waals surface area (Å²) >= 11 is 1.59. The van der Waals surface area contributed by atoms with E-state index in [1.807, 2.05) is 36.6 Å². The first kappa shape index (κ1) is 11.4. The average Bonchev–Trinajstić information content (AvgIpc) is 2.75. The Balaban J connectivity index is 2.56. The molecule has 2 rings (SSSR count). The fourth-order valence-electron chi connectivity index (χ4n) is 1.97. The van der Waals surface area contributed by atoms with Gasteiger partial charge in [0.05, 0.1) is 0 Å². The molecule has 84 valence electrons. The van der Waals surface area contributed by atoms with E-state index in [0.29, 0.717) is 0 Å². The van der Waals surface area contributed by atoms with Crippen molar-refractivity contribution >= 4 is 11.3 Å². The second kappa shape index (κ2) is 4.04. The lowest BCUT2D eigenvalue weighted by atomic mass is 9.89. The van der Waals surface area contributed by atoms with Crippen molar-refractivity contribution in [2.75, 3.05) is 0 Å². The van der Waals surface area contributed by atoms with E-state index in [1.165, 1.54) is 11.1 Å². The van der Waals surface area contributed by atoms with Gasteiger partial charge in [-0.25, -0.2) is 0 Å². The van der Waals surface area contributed by atoms with E-state index in [2.05, 4.69) is 19.9 Å². The van der Waals surface area contributed by atoms with Crippen LogP contribution in [0.2, 0.25) is 0 Å². The number of hydrogen-bond donors (Lipinski definition) is 1. The standard InChI is InChI=1S/C14H16OS/c1-10-6-4-7-12(11(10)2)14(3,15)13-8-5-9-16-13/h4-9,15H,1-3H3. The van der Waals surface area contributed by atoms with Crippen molar-refractivity contribution in [1.82, 2.24) is 0 Å². The van der Waals surface area contributed by atoms with Gasteiger partial charge in [0.15, 0.2) is 0 Å². The summed E-state index contributed by atoms with van der Waals surface area (Å²) in [5.74, 6) is 0. The molecule has 1 N–H and O–H groups in total. The van der Waals surface area contributed by atoms with Crippen LogP contribution in [0, 0.1) is 13.8 Å². The number of hydrogen-bond acceptors (Lipinski definition) is 2. The molecular formula is C14H16OS. The van der Waals surface area contributed by atoms with Gasteiger partial charge in [-0.05, 0) is 48.9 Å². The number of aryl methyl sites for hydroxylation is 1. The molecule has 0 aliphatic heterocycles. The van der Waals surface area contributed by atoms with Gasteiger partial charge >= 0.3 is 0 Å². The fourth-order valence-corrected chi connectivity index (χ4v) is 2.77. The maximum atomic E-state index is 10.7. The van der Waals surface area contributed by atoms with E-state index in [-0.39, 0.29) is 0 Å². The lowest BCUT2D eigenvalue weighted by molar-refractivity contribution is 0.105. The molecule has 2 aromatic rings. The summed E-state index contributed by atoms with van der Waals surface area (Å²) in [6.07, 6.45) is 0. The van der Waals surface area contributed by atoms with Crippen LogP contribution in [0.3, 0.4) is 0 Å². The lowest BCUT2D eigenvalue weighted by Crippen LogP contribution is -2.22. The van der Waals surface area contributed by atoms with Crippen LogP contribution in [0.5, 0.6) is 0 Å². The summed E-state index contributed by atoms with van der Waals surface area (Å²) in [6.45, 7) is 6.00. The van der Waals surface area contributed by atoms with Crippen molar-refractivity contribution in [2.45, 2.75) is 26.4 Å². The molecule has 0 aliphatic rings. The highest BCUT2D eigenvalue weighted by atomic mass is 32.1. The molecule has 0 amide bonds. The summed E-state index contributed by atoms with van der Waals surface area (Å²) in [4.78, 5) is 0.987. The van der Waals surface area contributed by atoms with Crippen molar-refractivity contribution < 1.29 is 5.11 Å². The van der Waals surface area contributed by atoms with Gasteiger partial charge in [0.25, 0.3) is 0 Å². The number of rotatable bonds is 2. The topological polar surface area (TPSA) is 20.2 Å². The first-order valence-corrected chi connectivity index (χ1v) is 6.24. The molecule has 1 unspecified atom stereocenters. The van der Waals surface area contributed by atoms with E-state index in [1.54, 1.807) is 11.3 Å². The van der Waals surface area contributed by atoms with Crippen molar-refractivity contribution in [3.63, 3.8) is 0 Å². The van der Waals surface area contributed by atoms with Gasteiger partial charge in [0.2, 0.25) is 0 Å². The van der Waals surface area contributed by atoms with Crippen LogP contribution >= 0.6 is 11.3 Å². The van der Waals surface area contributed by atoms with E-state index < -0.39 is 5.60 Å². The molecule has 1 heterocycles. The third-order valence-corrected chi connectivity index (χ3v) is 4.21. The summed E-state index contributed by atoms with van der Waals surface area (Å²) in [5.41, 5.74) is 2.50. The van der Waals surface area contributed by atoms with Crippen LogP contribution in [-0.4, -0.2) is 5.11 Å². The molecule has 0 spiro atoms. The average molecular weight is 232 g/mol. The highest BCUT2D eigenvalue weighted by Crippen LogP contribution is 2.34. The van der Waals surface area contributed by atoms with Crippen LogP contribution in [-0.2, 0) is 5.60 Å². The summed E-state index contributed by atoms with van der Waals surface area (Å²) < 4.78 is 0. The van der Waals surface area contributed by atoms with Crippen LogP contribution in [0.1, 0.15) is 28.5 Å². The number of thiophene rings is 1. The maximum absolute atomic E-state index is 10.7. The third-order valence-electron chi connectivity index (χ3n) is 3.13. The molecule has 0 aliphatic carbocycles. The first-order chi connectivity index (χ1) is 7.53. The Kier molecular flexibility index (Phi) is 2.87. The Bertz CT molecular complexity index is 483. The predicted octanol–water partition coefficient (Wildman–Crippen LogP) is 3.62. The molecular weight excluding hydrogens is 216 g/mol. The molecule has 1 aromatic carbocycles. The van der Waals surface area contributed by atoms with E-state index in [9.17, 15) is 5.11 Å². The van der Waals surface area contributed by atoms with Crippen molar-refractivity contribution in [1.29, 1.82) is 0 Å². The van der Waals surface area contributed by atoms with Gasteiger partial charge in [-0.15, -0.1) is 11.3 Å². The van der Waals surface area contributed by atoms with Gasteiger partial charge in [-0.1, -0.05) is 24.3 Å². The van der Waals surface area contributed by atoms with Crippen molar-refractivity contribution in [2.24, 2.45) is 0 Å². The lowest BCUT2D eigenvalue weighted by Gasteiger charge is -2.25. The number of benzene rings is 1. The molecule has 16 heavy (non-hydrogen) atoms. The first-order valence-electron chi connectivity index (χ1n) is 5.36. The molecule has 0 fully saturated rings. The van der Waals surface area contributed by atoms with Crippen molar-refractivity contribution in [3.8, 4) is 0 Å². The second-order valence-corrected chi connectivity index (χ2v) is 5.24. The molecule has 1 nitrogen and oxygen atoms in total. The molecule has 1 aromatic heterocycles. The Morgan fingerprint density at radius 3 is 2.50 bits per heavy atom. The monoisotopic (exact) mass is 232 g/mol. The van der Waals surface area contributed by atoms with Crippen LogP contribution in [0.25, 0.3) is 0 Å². The quantitative estimate of drug-likeness (QED) is 0.838.